The van der Waals surface area contributed by atoms with Gasteiger partial charge in [0.2, 0.25) is 0 Å². The molecule has 1 rings (SSSR count). The van der Waals surface area contributed by atoms with E-state index in [1.807, 2.05) is 0 Å². The third kappa shape index (κ3) is 3.89. The minimum Gasteiger partial charge on any atom is -0.383 e. The van der Waals surface area contributed by atoms with Gasteiger partial charge in [-0.2, -0.15) is 0 Å². The average Bonchev–Trinajstić information content (AvgIpc) is 2.20. The molecule has 0 amide bonds. The predicted molar refractivity (Wildman–Crippen MR) is 62.4 cm³/mol. The maximum absolute atomic E-state index is 13.3. The van der Waals surface area contributed by atoms with Gasteiger partial charge in [-0.15, -0.1) is 0 Å². The fourth-order valence-electron chi connectivity index (χ4n) is 1.22. The lowest BCUT2D eigenvalue weighted by atomic mass is 10.1. The summed E-state index contributed by atoms with van der Waals surface area (Å²) in [6.45, 7) is 3.81. The second-order valence-electron chi connectivity index (χ2n) is 3.36. The van der Waals surface area contributed by atoms with Crippen LogP contribution in [0.4, 0.5) is 4.39 Å². The van der Waals surface area contributed by atoms with Crippen molar-refractivity contribution in [3.05, 3.63) is 33.5 Å². The Morgan fingerprint density at radius 2 is 2.20 bits per heavy atom. The summed E-state index contributed by atoms with van der Waals surface area (Å²) in [6.07, 6.45) is 0. The van der Waals surface area contributed by atoms with E-state index in [4.69, 9.17) is 4.74 Å². The van der Waals surface area contributed by atoms with Gasteiger partial charge in [-0.1, -0.05) is 15.9 Å². The average molecular weight is 276 g/mol. The molecule has 4 heteroatoms. The number of benzene rings is 1. The molecule has 15 heavy (non-hydrogen) atoms. The number of rotatable bonds is 5. The molecule has 1 aromatic carbocycles. The van der Waals surface area contributed by atoms with Gasteiger partial charge in [-0.25, -0.2) is 4.39 Å². The first-order valence-corrected chi connectivity index (χ1v) is 5.58. The summed E-state index contributed by atoms with van der Waals surface area (Å²) in [7, 11) is 1.66. The Labute approximate surface area is 98.0 Å². The summed E-state index contributed by atoms with van der Waals surface area (Å²) in [5.41, 5.74) is 1.58. The van der Waals surface area contributed by atoms with Gasteiger partial charge in [0.25, 0.3) is 0 Å². The van der Waals surface area contributed by atoms with Gasteiger partial charge in [0.1, 0.15) is 5.82 Å². The molecule has 0 aliphatic rings. The standard InChI is InChI=1S/C11H15BrFNO/c1-8-5-10(12)9(6-11(8)13)7-14-3-4-15-2/h5-6,14H,3-4,7H2,1-2H3. The number of ether oxygens (including phenoxy) is 1. The summed E-state index contributed by atoms with van der Waals surface area (Å²) in [4.78, 5) is 0. The van der Waals surface area contributed by atoms with Crippen molar-refractivity contribution in [3.63, 3.8) is 0 Å². The number of methoxy groups -OCH3 is 1. The molecule has 0 aliphatic heterocycles. The molecule has 0 heterocycles. The van der Waals surface area contributed by atoms with Crippen LogP contribution in [-0.2, 0) is 11.3 Å². The SMILES string of the molecule is COCCNCc1cc(F)c(C)cc1Br. The van der Waals surface area contributed by atoms with Gasteiger partial charge < -0.3 is 10.1 Å². The highest BCUT2D eigenvalue weighted by Gasteiger charge is 2.04. The minimum absolute atomic E-state index is 0.165. The lowest BCUT2D eigenvalue weighted by Gasteiger charge is -2.08. The van der Waals surface area contributed by atoms with E-state index in [0.717, 1.165) is 16.6 Å². The zero-order valence-corrected chi connectivity index (χ0v) is 10.5. The second-order valence-corrected chi connectivity index (χ2v) is 4.22. The van der Waals surface area contributed by atoms with Crippen molar-refractivity contribution >= 4 is 15.9 Å². The Morgan fingerprint density at radius 3 is 2.87 bits per heavy atom. The molecule has 1 aromatic rings. The Kier molecular flexibility index (Phi) is 5.22. The van der Waals surface area contributed by atoms with Crippen molar-refractivity contribution in [3.8, 4) is 0 Å². The molecule has 0 radical (unpaired) electrons. The zero-order chi connectivity index (χ0) is 11.3. The van der Waals surface area contributed by atoms with Gasteiger partial charge in [0.15, 0.2) is 0 Å². The van der Waals surface area contributed by atoms with Crippen LogP contribution in [0.1, 0.15) is 11.1 Å². The highest BCUT2D eigenvalue weighted by atomic mass is 79.9. The molecule has 0 aromatic heterocycles. The van der Waals surface area contributed by atoms with Crippen molar-refractivity contribution < 1.29 is 9.13 Å². The van der Waals surface area contributed by atoms with E-state index in [0.29, 0.717) is 18.7 Å². The molecular weight excluding hydrogens is 261 g/mol. The Balaban J connectivity index is 2.57. The molecule has 0 spiro atoms. The summed E-state index contributed by atoms with van der Waals surface area (Å²) in [5, 5.41) is 3.17. The van der Waals surface area contributed by atoms with Gasteiger partial charge >= 0.3 is 0 Å². The highest BCUT2D eigenvalue weighted by molar-refractivity contribution is 9.10. The molecule has 1 N–H and O–H groups in total. The molecule has 0 bridgehead atoms. The maximum Gasteiger partial charge on any atom is 0.126 e. The normalized spacial score (nSPS) is 10.7. The third-order valence-corrected chi connectivity index (χ3v) is 2.86. The van der Waals surface area contributed by atoms with Crippen molar-refractivity contribution in [2.24, 2.45) is 0 Å². The van der Waals surface area contributed by atoms with E-state index < -0.39 is 0 Å². The van der Waals surface area contributed by atoms with Gasteiger partial charge in [-0.3, -0.25) is 0 Å². The molecule has 0 fully saturated rings. The van der Waals surface area contributed by atoms with Gasteiger partial charge in [0, 0.05) is 24.7 Å². The number of hydrogen-bond donors (Lipinski definition) is 1. The second kappa shape index (κ2) is 6.20. The number of aryl methyl sites for hydroxylation is 1. The third-order valence-electron chi connectivity index (χ3n) is 2.13. The van der Waals surface area contributed by atoms with E-state index in [1.165, 1.54) is 0 Å². The number of halogens is 2. The van der Waals surface area contributed by atoms with Crippen LogP contribution in [0.5, 0.6) is 0 Å². The first kappa shape index (κ1) is 12.6. The molecule has 0 saturated heterocycles. The first-order chi connectivity index (χ1) is 7.15. The Hall–Kier alpha value is -0.450. The highest BCUT2D eigenvalue weighted by Crippen LogP contribution is 2.20. The largest absolute Gasteiger partial charge is 0.383 e. The zero-order valence-electron chi connectivity index (χ0n) is 8.94. The molecular formula is C11H15BrFNO. The monoisotopic (exact) mass is 275 g/mol. The van der Waals surface area contributed by atoms with Crippen LogP contribution in [0.2, 0.25) is 0 Å². The van der Waals surface area contributed by atoms with Crippen LogP contribution in [0.15, 0.2) is 16.6 Å². The minimum atomic E-state index is -0.165. The fraction of sp³-hybridized carbons (Fsp3) is 0.455. The van der Waals surface area contributed by atoms with Crippen molar-refractivity contribution in [2.45, 2.75) is 13.5 Å². The van der Waals surface area contributed by atoms with E-state index >= 15 is 0 Å². The van der Waals surface area contributed by atoms with Crippen molar-refractivity contribution in [1.29, 1.82) is 0 Å². The van der Waals surface area contributed by atoms with E-state index in [9.17, 15) is 4.39 Å². The Morgan fingerprint density at radius 1 is 1.47 bits per heavy atom. The summed E-state index contributed by atoms with van der Waals surface area (Å²) >= 11 is 3.41. The van der Waals surface area contributed by atoms with Crippen LogP contribution >= 0.6 is 15.9 Å². The summed E-state index contributed by atoms with van der Waals surface area (Å²) in [6, 6.07) is 3.35. The van der Waals surface area contributed by atoms with Crippen LogP contribution in [0, 0.1) is 12.7 Å². The first-order valence-electron chi connectivity index (χ1n) is 4.79. The molecule has 84 valence electrons. The van der Waals surface area contributed by atoms with Gasteiger partial charge in [-0.05, 0) is 30.2 Å². The lowest BCUT2D eigenvalue weighted by Crippen LogP contribution is -2.18. The lowest BCUT2D eigenvalue weighted by molar-refractivity contribution is 0.199. The van der Waals surface area contributed by atoms with E-state index in [1.54, 1.807) is 26.2 Å². The Bertz CT molecular complexity index is 331. The molecule has 0 unspecified atom stereocenters. The fourth-order valence-corrected chi connectivity index (χ4v) is 1.82. The van der Waals surface area contributed by atoms with Crippen LogP contribution in [0.25, 0.3) is 0 Å². The number of hydrogen-bond acceptors (Lipinski definition) is 2. The molecule has 0 atom stereocenters. The van der Waals surface area contributed by atoms with E-state index in [-0.39, 0.29) is 5.82 Å². The number of nitrogens with one attached hydrogen (secondary N) is 1. The summed E-state index contributed by atoms with van der Waals surface area (Å²) < 4.78 is 19.1. The van der Waals surface area contributed by atoms with E-state index in [2.05, 4.69) is 21.2 Å². The molecule has 0 aliphatic carbocycles. The quantitative estimate of drug-likeness (QED) is 0.835. The van der Waals surface area contributed by atoms with Gasteiger partial charge in [0.05, 0.1) is 6.61 Å². The van der Waals surface area contributed by atoms with Crippen LogP contribution in [-0.4, -0.2) is 20.3 Å². The van der Waals surface area contributed by atoms with Crippen molar-refractivity contribution in [1.82, 2.24) is 5.32 Å². The molecule has 0 saturated carbocycles. The topological polar surface area (TPSA) is 21.3 Å². The molecule has 2 nitrogen and oxygen atoms in total. The van der Waals surface area contributed by atoms with Crippen molar-refractivity contribution in [2.75, 3.05) is 20.3 Å². The van der Waals surface area contributed by atoms with Crippen LogP contribution < -0.4 is 5.32 Å². The predicted octanol–water partition coefficient (Wildman–Crippen LogP) is 2.63. The summed E-state index contributed by atoms with van der Waals surface area (Å²) in [5.74, 6) is -0.165. The smallest absolute Gasteiger partial charge is 0.126 e. The van der Waals surface area contributed by atoms with Crippen LogP contribution in [0.3, 0.4) is 0 Å². The maximum atomic E-state index is 13.3.